The van der Waals surface area contributed by atoms with E-state index in [0.29, 0.717) is 12.5 Å². The Morgan fingerprint density at radius 3 is 3.00 bits per heavy atom. The summed E-state index contributed by atoms with van der Waals surface area (Å²) in [4.78, 5) is 12.8. The van der Waals surface area contributed by atoms with Crippen LogP contribution in [0.3, 0.4) is 0 Å². The highest BCUT2D eigenvalue weighted by molar-refractivity contribution is 7.00. The Kier molecular flexibility index (Phi) is 2.94. The van der Waals surface area contributed by atoms with E-state index >= 15 is 0 Å². The second kappa shape index (κ2) is 4.62. The first kappa shape index (κ1) is 12.1. The number of carbonyl (C=O) groups is 1. The molecule has 0 saturated carbocycles. The van der Waals surface area contributed by atoms with Crippen LogP contribution in [0, 0.1) is 5.92 Å². The van der Waals surface area contributed by atoms with Crippen molar-refractivity contribution < 1.29 is 9.90 Å². The van der Waals surface area contributed by atoms with E-state index in [1.165, 1.54) is 16.6 Å². The van der Waals surface area contributed by atoms with Crippen LogP contribution in [0.2, 0.25) is 0 Å². The van der Waals surface area contributed by atoms with Crippen molar-refractivity contribution in [2.45, 2.75) is 13.3 Å². The van der Waals surface area contributed by atoms with E-state index < -0.39 is 6.09 Å². The number of amides is 1. The fraction of sp³-hybridized carbons (Fsp3) is 0.308. The van der Waals surface area contributed by atoms with Gasteiger partial charge in [-0.25, -0.2) is 4.79 Å². The molecule has 98 valence electrons. The summed E-state index contributed by atoms with van der Waals surface area (Å²) in [6.07, 6.45) is 1.98. The van der Waals surface area contributed by atoms with Crippen molar-refractivity contribution in [3.8, 4) is 0 Å². The summed E-state index contributed by atoms with van der Waals surface area (Å²) in [6.45, 7) is 2.59. The molecule has 3 rings (SSSR count). The molecule has 0 spiro atoms. The molecule has 6 heteroatoms. The fourth-order valence-electron chi connectivity index (χ4n) is 2.30. The van der Waals surface area contributed by atoms with Gasteiger partial charge in [0.25, 0.3) is 0 Å². The third-order valence-corrected chi connectivity index (χ3v) is 3.84. The van der Waals surface area contributed by atoms with E-state index in [2.05, 4.69) is 15.7 Å². The van der Waals surface area contributed by atoms with Gasteiger partial charge in [-0.2, -0.15) is 8.75 Å². The molecule has 1 aliphatic rings. The number of carboxylic acid groups (broad SMARTS) is 1. The highest BCUT2D eigenvalue weighted by Crippen LogP contribution is 2.29. The van der Waals surface area contributed by atoms with Crippen LogP contribution in [0.1, 0.15) is 18.9 Å². The molecule has 2 aromatic rings. The third-order valence-electron chi connectivity index (χ3n) is 3.28. The molecule has 0 aliphatic carbocycles. The monoisotopic (exact) mass is 275 g/mol. The van der Waals surface area contributed by atoms with Crippen molar-refractivity contribution in [1.82, 2.24) is 13.6 Å². The van der Waals surface area contributed by atoms with Gasteiger partial charge >= 0.3 is 6.09 Å². The second-order valence-electron chi connectivity index (χ2n) is 4.79. The predicted molar refractivity (Wildman–Crippen MR) is 73.9 cm³/mol. The van der Waals surface area contributed by atoms with Gasteiger partial charge in [0.05, 0.1) is 17.4 Å². The minimum atomic E-state index is -0.908. The van der Waals surface area contributed by atoms with Crippen molar-refractivity contribution in [1.29, 1.82) is 0 Å². The predicted octanol–water partition coefficient (Wildman–Crippen LogP) is 3.05. The fourth-order valence-corrected chi connectivity index (χ4v) is 2.82. The van der Waals surface area contributed by atoms with Gasteiger partial charge in [-0.05, 0) is 24.5 Å². The van der Waals surface area contributed by atoms with Crippen LogP contribution in [-0.2, 0) is 0 Å². The van der Waals surface area contributed by atoms with Gasteiger partial charge < -0.3 is 5.11 Å². The number of allylic oxidation sites excluding steroid dienone is 1. The molecule has 1 N–H and O–H groups in total. The number of hydrogen-bond acceptors (Lipinski definition) is 4. The van der Waals surface area contributed by atoms with Crippen LogP contribution in [0.15, 0.2) is 24.3 Å². The summed E-state index contributed by atoms with van der Waals surface area (Å²) in [7, 11) is 0. The average Bonchev–Trinajstić information content (AvgIpc) is 2.85. The van der Waals surface area contributed by atoms with E-state index in [9.17, 15) is 9.90 Å². The summed E-state index contributed by atoms with van der Waals surface area (Å²) in [5.74, 6) is 0.351. The normalized spacial score (nSPS) is 19.5. The van der Waals surface area contributed by atoms with E-state index in [1.54, 1.807) is 0 Å². The van der Waals surface area contributed by atoms with E-state index in [-0.39, 0.29) is 0 Å². The maximum atomic E-state index is 11.4. The number of benzene rings is 1. The summed E-state index contributed by atoms with van der Waals surface area (Å²) in [5.41, 5.74) is 3.29. The van der Waals surface area contributed by atoms with Crippen LogP contribution in [0.5, 0.6) is 0 Å². The highest BCUT2D eigenvalue weighted by Gasteiger charge is 2.24. The maximum absolute atomic E-state index is 11.4. The molecule has 0 bridgehead atoms. The summed E-state index contributed by atoms with van der Waals surface area (Å²) < 4.78 is 8.35. The largest absolute Gasteiger partial charge is 0.465 e. The molecule has 1 aromatic heterocycles. The summed E-state index contributed by atoms with van der Waals surface area (Å²) >= 11 is 1.17. The topological polar surface area (TPSA) is 66.3 Å². The Morgan fingerprint density at radius 1 is 1.42 bits per heavy atom. The Labute approximate surface area is 114 Å². The lowest BCUT2D eigenvalue weighted by Crippen LogP contribution is -2.34. The van der Waals surface area contributed by atoms with Crippen LogP contribution in [-0.4, -0.2) is 31.4 Å². The van der Waals surface area contributed by atoms with Crippen molar-refractivity contribution in [2.24, 2.45) is 5.92 Å². The zero-order valence-corrected chi connectivity index (χ0v) is 11.2. The highest BCUT2D eigenvalue weighted by atomic mass is 32.1. The zero-order chi connectivity index (χ0) is 13.4. The van der Waals surface area contributed by atoms with E-state index in [4.69, 9.17) is 0 Å². The zero-order valence-electron chi connectivity index (χ0n) is 10.4. The Balaban J connectivity index is 2.05. The molecule has 1 atom stereocenters. The van der Waals surface area contributed by atoms with E-state index in [0.717, 1.165) is 28.7 Å². The minimum absolute atomic E-state index is 0.351. The summed E-state index contributed by atoms with van der Waals surface area (Å²) in [5, 5.41) is 9.32. The van der Waals surface area contributed by atoms with Gasteiger partial charge in [0.1, 0.15) is 11.0 Å². The van der Waals surface area contributed by atoms with Gasteiger partial charge in [0.15, 0.2) is 0 Å². The SMILES string of the molecule is CC1CC=C(c2ccc3nsnc3c2)N(C(=O)O)C1. The molecular formula is C13H13N3O2S. The second-order valence-corrected chi connectivity index (χ2v) is 5.32. The molecule has 19 heavy (non-hydrogen) atoms. The lowest BCUT2D eigenvalue weighted by molar-refractivity contribution is 0.159. The minimum Gasteiger partial charge on any atom is -0.465 e. The first-order chi connectivity index (χ1) is 9.15. The standard InChI is InChI=1S/C13H13N3O2S/c1-8-2-5-12(16(7-8)13(17)18)9-3-4-10-11(6-9)15-19-14-10/h3-6,8H,2,7H2,1H3,(H,17,18). The molecule has 0 radical (unpaired) electrons. The molecule has 5 nitrogen and oxygen atoms in total. The van der Waals surface area contributed by atoms with Gasteiger partial charge in [-0.15, -0.1) is 0 Å². The van der Waals surface area contributed by atoms with Crippen LogP contribution in [0.25, 0.3) is 16.7 Å². The number of nitrogens with zero attached hydrogens (tertiary/aromatic N) is 3. The number of fused-ring (bicyclic) bond motifs is 1. The first-order valence-electron chi connectivity index (χ1n) is 6.08. The lowest BCUT2D eigenvalue weighted by Gasteiger charge is -2.29. The van der Waals surface area contributed by atoms with Crippen molar-refractivity contribution >= 4 is 34.6 Å². The first-order valence-corrected chi connectivity index (χ1v) is 6.81. The van der Waals surface area contributed by atoms with Crippen molar-refractivity contribution in [2.75, 3.05) is 6.54 Å². The van der Waals surface area contributed by atoms with Gasteiger partial charge in [0.2, 0.25) is 0 Å². The van der Waals surface area contributed by atoms with Gasteiger partial charge in [0, 0.05) is 12.1 Å². The molecule has 2 heterocycles. The Hall–Kier alpha value is -1.95. The average molecular weight is 275 g/mol. The molecule has 1 aliphatic heterocycles. The lowest BCUT2D eigenvalue weighted by atomic mass is 9.98. The maximum Gasteiger partial charge on any atom is 0.411 e. The van der Waals surface area contributed by atoms with Crippen molar-refractivity contribution in [3.63, 3.8) is 0 Å². The van der Waals surface area contributed by atoms with Crippen LogP contribution in [0.4, 0.5) is 4.79 Å². The van der Waals surface area contributed by atoms with Crippen LogP contribution >= 0.6 is 11.7 Å². The number of aromatic nitrogens is 2. The summed E-state index contributed by atoms with van der Waals surface area (Å²) in [6, 6.07) is 5.69. The molecular weight excluding hydrogens is 262 g/mol. The van der Waals surface area contributed by atoms with Crippen molar-refractivity contribution in [3.05, 3.63) is 29.8 Å². The number of rotatable bonds is 1. The molecule has 1 amide bonds. The van der Waals surface area contributed by atoms with Gasteiger partial charge in [-0.3, -0.25) is 4.90 Å². The van der Waals surface area contributed by atoms with E-state index in [1.807, 2.05) is 24.3 Å². The van der Waals surface area contributed by atoms with Gasteiger partial charge in [-0.1, -0.05) is 19.1 Å². The molecule has 0 fully saturated rings. The smallest absolute Gasteiger partial charge is 0.411 e. The molecule has 1 unspecified atom stereocenters. The molecule has 0 saturated heterocycles. The number of hydrogen-bond donors (Lipinski definition) is 1. The quantitative estimate of drug-likeness (QED) is 0.868. The molecule has 1 aromatic carbocycles. The third kappa shape index (κ3) is 2.19. The Morgan fingerprint density at radius 2 is 2.21 bits per heavy atom. The van der Waals surface area contributed by atoms with Crippen LogP contribution < -0.4 is 0 Å². The Bertz CT molecular complexity index is 665.